The zero-order valence-corrected chi connectivity index (χ0v) is 18.1. The van der Waals surface area contributed by atoms with Gasteiger partial charge in [-0.15, -0.1) is 0 Å². The predicted octanol–water partition coefficient (Wildman–Crippen LogP) is 3.39. The molecule has 0 spiro atoms. The Balaban J connectivity index is 5.98. The van der Waals surface area contributed by atoms with E-state index >= 15 is 0 Å². The molecular weight excluding hydrogens is 611 g/mol. The minimum atomic E-state index is -8.77. The topological polar surface area (TPSA) is 107 Å². The molecule has 0 aliphatic carbocycles. The number of ether oxygens (including phenoxy) is 1. The molecule has 0 aromatic carbocycles. The van der Waals surface area contributed by atoms with Gasteiger partial charge in [-0.2, -0.15) is 74.6 Å². The first kappa shape index (κ1) is 37.1. The van der Waals surface area contributed by atoms with Crippen molar-refractivity contribution in [2.24, 2.45) is 0 Å². The van der Waals surface area contributed by atoms with Crippen molar-refractivity contribution in [2.45, 2.75) is 78.8 Å². The van der Waals surface area contributed by atoms with Crippen LogP contribution >= 0.6 is 0 Å². The highest BCUT2D eigenvalue weighted by Crippen LogP contribution is 2.64. The van der Waals surface area contributed by atoms with Gasteiger partial charge in [0.1, 0.15) is 24.9 Å². The number of carbonyl (C=O) groups excluding carboxylic acids is 1. The van der Waals surface area contributed by atoms with Crippen molar-refractivity contribution in [3.8, 4) is 0 Å². The van der Waals surface area contributed by atoms with Crippen LogP contribution in [0.15, 0.2) is 0 Å². The molecule has 23 heteroatoms. The van der Waals surface area contributed by atoms with Gasteiger partial charge < -0.3 is 25.2 Å². The van der Waals surface area contributed by atoms with Crippen molar-refractivity contribution in [2.75, 3.05) is 13.2 Å². The standard InChI is InChI=1S/C16H15F17O6/c17-9(18,2-1-7(37)39-4-6(36)8(38)5(35)3-34)10(19,20)11(21,22)12(23,24)13(25,26)14(27,28)15(29,30)16(31,32)33/h5-6,8,34-36,38H,1-4H2/t5-,6+,8+/m0/s1. The van der Waals surface area contributed by atoms with Crippen LogP contribution in [0.4, 0.5) is 74.6 Å². The van der Waals surface area contributed by atoms with E-state index in [4.69, 9.17) is 10.2 Å². The summed E-state index contributed by atoms with van der Waals surface area (Å²) in [5.41, 5.74) is 0. The number of esters is 1. The van der Waals surface area contributed by atoms with E-state index in [-0.39, 0.29) is 0 Å². The number of aliphatic hydroxyl groups excluding tert-OH is 4. The average molecular weight is 626 g/mol. The molecule has 0 saturated heterocycles. The van der Waals surface area contributed by atoms with Crippen molar-refractivity contribution in [3.63, 3.8) is 0 Å². The molecule has 0 unspecified atom stereocenters. The molecule has 0 rings (SSSR count). The Labute approximate surface area is 203 Å². The van der Waals surface area contributed by atoms with Crippen LogP contribution in [0.1, 0.15) is 12.8 Å². The fourth-order valence-corrected chi connectivity index (χ4v) is 2.33. The third-order valence-corrected chi connectivity index (χ3v) is 4.82. The van der Waals surface area contributed by atoms with Crippen molar-refractivity contribution in [3.05, 3.63) is 0 Å². The fourth-order valence-electron chi connectivity index (χ4n) is 2.33. The maximum absolute atomic E-state index is 13.7. The van der Waals surface area contributed by atoms with Gasteiger partial charge in [-0.3, -0.25) is 4.79 Å². The number of halogens is 17. The Morgan fingerprint density at radius 1 is 0.590 bits per heavy atom. The zero-order valence-electron chi connectivity index (χ0n) is 18.1. The third kappa shape index (κ3) is 6.24. The monoisotopic (exact) mass is 626 g/mol. The molecule has 4 N–H and O–H groups in total. The number of hydrogen-bond donors (Lipinski definition) is 4. The van der Waals surface area contributed by atoms with E-state index in [9.17, 15) is 89.6 Å². The number of rotatable bonds is 14. The van der Waals surface area contributed by atoms with Crippen LogP contribution in [0.5, 0.6) is 0 Å². The lowest BCUT2D eigenvalue weighted by molar-refractivity contribution is -0.461. The summed E-state index contributed by atoms with van der Waals surface area (Å²) >= 11 is 0. The van der Waals surface area contributed by atoms with Gasteiger partial charge in [-0.1, -0.05) is 0 Å². The fraction of sp³-hybridized carbons (Fsp3) is 0.938. The molecule has 234 valence electrons. The molecule has 0 aliphatic rings. The summed E-state index contributed by atoms with van der Waals surface area (Å²) in [4.78, 5) is 11.3. The van der Waals surface area contributed by atoms with Crippen molar-refractivity contribution >= 4 is 5.97 Å². The highest BCUT2D eigenvalue weighted by molar-refractivity contribution is 5.69. The maximum atomic E-state index is 13.7. The molecule has 0 bridgehead atoms. The van der Waals surface area contributed by atoms with E-state index in [1.54, 1.807) is 0 Å². The van der Waals surface area contributed by atoms with Crippen molar-refractivity contribution in [1.29, 1.82) is 0 Å². The second-order valence-corrected chi connectivity index (χ2v) is 7.64. The second kappa shape index (κ2) is 11.2. The Kier molecular flexibility index (Phi) is 10.6. The molecule has 6 nitrogen and oxygen atoms in total. The summed E-state index contributed by atoms with van der Waals surface area (Å²) in [7, 11) is 0. The van der Waals surface area contributed by atoms with Crippen LogP contribution in [-0.4, -0.2) is 106 Å². The van der Waals surface area contributed by atoms with Crippen LogP contribution in [-0.2, 0) is 9.53 Å². The van der Waals surface area contributed by atoms with E-state index in [2.05, 4.69) is 4.74 Å². The van der Waals surface area contributed by atoms with Crippen LogP contribution < -0.4 is 0 Å². The maximum Gasteiger partial charge on any atom is 0.460 e. The normalized spacial score (nSPS) is 17.6. The van der Waals surface area contributed by atoms with Crippen molar-refractivity contribution in [1.82, 2.24) is 0 Å². The lowest BCUT2D eigenvalue weighted by atomic mass is 9.88. The minimum Gasteiger partial charge on any atom is -0.463 e. The molecule has 0 aliphatic heterocycles. The van der Waals surface area contributed by atoms with Gasteiger partial charge in [0.05, 0.1) is 13.0 Å². The first-order chi connectivity index (χ1) is 16.9. The number of hydrogen-bond acceptors (Lipinski definition) is 6. The predicted molar refractivity (Wildman–Crippen MR) is 86.0 cm³/mol. The molecule has 0 fully saturated rings. The number of carbonyl (C=O) groups is 1. The minimum absolute atomic E-state index is 1.20. The average Bonchev–Trinajstić information content (AvgIpc) is 2.78. The van der Waals surface area contributed by atoms with Crippen LogP contribution in [0.3, 0.4) is 0 Å². The van der Waals surface area contributed by atoms with E-state index in [0.29, 0.717) is 0 Å². The quantitative estimate of drug-likeness (QED) is 0.174. The van der Waals surface area contributed by atoms with Crippen LogP contribution in [0.2, 0.25) is 0 Å². The zero-order chi connectivity index (χ0) is 31.8. The molecule has 0 saturated carbocycles. The second-order valence-electron chi connectivity index (χ2n) is 7.64. The lowest BCUT2D eigenvalue weighted by Gasteiger charge is -2.42. The lowest BCUT2D eigenvalue weighted by Crippen LogP contribution is -2.74. The van der Waals surface area contributed by atoms with Gasteiger partial charge in [-0.05, 0) is 0 Å². The van der Waals surface area contributed by atoms with E-state index < -0.39 is 98.0 Å². The van der Waals surface area contributed by atoms with Gasteiger partial charge in [0.25, 0.3) is 0 Å². The Morgan fingerprint density at radius 2 is 0.949 bits per heavy atom. The molecule has 0 amide bonds. The largest absolute Gasteiger partial charge is 0.463 e. The van der Waals surface area contributed by atoms with Gasteiger partial charge in [0.15, 0.2) is 0 Å². The summed E-state index contributed by atoms with van der Waals surface area (Å²) in [5.74, 6) is -59.8. The highest BCUT2D eigenvalue weighted by atomic mass is 19.4. The molecule has 0 radical (unpaired) electrons. The molecule has 39 heavy (non-hydrogen) atoms. The number of alkyl halides is 17. The Bertz CT molecular complexity index is 844. The van der Waals surface area contributed by atoms with E-state index in [1.165, 1.54) is 0 Å². The Hall–Kier alpha value is -1.88. The summed E-state index contributed by atoms with van der Waals surface area (Å²) < 4.78 is 227. The first-order valence-corrected chi connectivity index (χ1v) is 9.44. The summed E-state index contributed by atoms with van der Waals surface area (Å²) in [5, 5.41) is 35.9. The summed E-state index contributed by atoms with van der Waals surface area (Å²) in [6, 6.07) is 0. The highest BCUT2D eigenvalue weighted by Gasteiger charge is 2.95. The summed E-state index contributed by atoms with van der Waals surface area (Å²) in [6.07, 6.45) is -19.9. The van der Waals surface area contributed by atoms with Crippen LogP contribution in [0.25, 0.3) is 0 Å². The molecule has 0 aromatic heterocycles. The van der Waals surface area contributed by atoms with Gasteiger partial charge in [0, 0.05) is 6.42 Å². The first-order valence-electron chi connectivity index (χ1n) is 9.44. The molecule has 3 atom stereocenters. The molecule has 0 heterocycles. The third-order valence-electron chi connectivity index (χ3n) is 4.82. The molecule has 0 aromatic rings. The smallest absolute Gasteiger partial charge is 0.460 e. The SMILES string of the molecule is O=C(CCC(F)(F)C(F)(F)C(F)(F)C(F)(F)C(F)(F)C(F)(F)C(F)(F)C(F)(F)F)OC[C@@H](O)[C@H](O)[C@@H](O)CO. The summed E-state index contributed by atoms with van der Waals surface area (Å²) in [6.45, 7) is -2.69. The molecular formula is C16H15F17O6. The van der Waals surface area contributed by atoms with Gasteiger partial charge in [-0.25, -0.2) is 0 Å². The Morgan fingerprint density at radius 3 is 1.31 bits per heavy atom. The van der Waals surface area contributed by atoms with Gasteiger partial charge in [0.2, 0.25) is 0 Å². The van der Waals surface area contributed by atoms with Crippen LogP contribution in [0, 0.1) is 0 Å². The van der Waals surface area contributed by atoms with Gasteiger partial charge >= 0.3 is 53.6 Å². The van der Waals surface area contributed by atoms with Crippen molar-refractivity contribution < 1.29 is 105 Å². The van der Waals surface area contributed by atoms with E-state index in [0.717, 1.165) is 0 Å². The number of aliphatic hydroxyl groups is 4. The van der Waals surface area contributed by atoms with E-state index in [1.807, 2.05) is 0 Å².